The number of hydrogen-bond acceptors (Lipinski definition) is 5. The number of nitrogens with zero attached hydrogens (tertiary/aromatic N) is 3. The van der Waals surface area contributed by atoms with Gasteiger partial charge in [0.1, 0.15) is 6.54 Å². The van der Waals surface area contributed by atoms with Crippen LogP contribution in [0, 0.1) is 6.92 Å². The van der Waals surface area contributed by atoms with Crippen LogP contribution in [-0.2, 0) is 26.0 Å². The first-order valence-corrected chi connectivity index (χ1v) is 8.29. The Morgan fingerprint density at radius 3 is 2.68 bits per heavy atom. The Kier molecular flexibility index (Phi) is 5.31. The fourth-order valence-electron chi connectivity index (χ4n) is 2.58. The van der Waals surface area contributed by atoms with Crippen molar-refractivity contribution in [2.75, 3.05) is 0 Å². The number of halogens is 1. The van der Waals surface area contributed by atoms with E-state index in [2.05, 4.69) is 10.1 Å². The number of aryl methyl sites for hydroxylation is 3. The van der Waals surface area contributed by atoms with Gasteiger partial charge in [0.25, 0.3) is 5.56 Å². The van der Waals surface area contributed by atoms with Crippen molar-refractivity contribution in [3.8, 4) is 0 Å². The summed E-state index contributed by atoms with van der Waals surface area (Å²) in [7, 11) is 0. The second-order valence-electron chi connectivity index (χ2n) is 5.85. The summed E-state index contributed by atoms with van der Waals surface area (Å²) in [4.78, 5) is 16.5. The molecule has 130 valence electrons. The zero-order valence-corrected chi connectivity index (χ0v) is 14.5. The molecule has 6 nitrogen and oxygen atoms in total. The zero-order chi connectivity index (χ0) is 17.8. The molecule has 3 rings (SSSR count). The molecule has 1 aromatic carbocycles. The highest BCUT2D eigenvalue weighted by atomic mass is 35.5. The van der Waals surface area contributed by atoms with Crippen LogP contribution in [0.1, 0.15) is 28.4 Å². The molecule has 2 aromatic heterocycles. The van der Waals surface area contributed by atoms with Crippen LogP contribution in [0.4, 0.5) is 0 Å². The fourth-order valence-corrected chi connectivity index (χ4v) is 2.70. The molecule has 3 aromatic rings. The highest BCUT2D eigenvalue weighted by molar-refractivity contribution is 6.30. The summed E-state index contributed by atoms with van der Waals surface area (Å²) in [5.41, 5.74) is 2.23. The van der Waals surface area contributed by atoms with Crippen molar-refractivity contribution in [1.29, 1.82) is 0 Å². The summed E-state index contributed by atoms with van der Waals surface area (Å²) in [5, 5.41) is 13.9. The van der Waals surface area contributed by atoms with E-state index < -0.39 is 0 Å². The van der Waals surface area contributed by atoms with E-state index in [1.54, 1.807) is 19.2 Å². The van der Waals surface area contributed by atoms with Crippen LogP contribution < -0.4 is 5.56 Å². The van der Waals surface area contributed by atoms with E-state index >= 15 is 0 Å². The predicted octanol–water partition coefficient (Wildman–Crippen LogP) is 2.52. The average molecular weight is 360 g/mol. The maximum Gasteiger partial charge on any atom is 0.253 e. The van der Waals surface area contributed by atoms with Crippen LogP contribution >= 0.6 is 11.6 Å². The third kappa shape index (κ3) is 4.35. The van der Waals surface area contributed by atoms with Gasteiger partial charge in [-0.3, -0.25) is 4.79 Å². The van der Waals surface area contributed by atoms with Crippen molar-refractivity contribution in [2.45, 2.75) is 32.9 Å². The SMILES string of the molecule is Cc1cc(CO)cn(Cc2nc(CCc3ccc(Cl)cc3)no2)c1=O. The van der Waals surface area contributed by atoms with Gasteiger partial charge in [0.05, 0.1) is 6.61 Å². The topological polar surface area (TPSA) is 81.2 Å². The smallest absolute Gasteiger partial charge is 0.253 e. The summed E-state index contributed by atoms with van der Waals surface area (Å²) in [6.45, 7) is 1.77. The molecule has 1 N–H and O–H groups in total. The number of aliphatic hydroxyl groups excluding tert-OH is 1. The van der Waals surface area contributed by atoms with Crippen LogP contribution in [-0.4, -0.2) is 19.8 Å². The Labute approximate surface area is 149 Å². The summed E-state index contributed by atoms with van der Waals surface area (Å²) >= 11 is 5.87. The third-order valence-electron chi connectivity index (χ3n) is 3.87. The molecular formula is C18H18ClN3O3. The van der Waals surface area contributed by atoms with Crippen LogP contribution in [0.2, 0.25) is 5.02 Å². The predicted molar refractivity (Wildman–Crippen MR) is 93.6 cm³/mol. The van der Waals surface area contributed by atoms with Crippen LogP contribution in [0.15, 0.2) is 45.8 Å². The number of aliphatic hydroxyl groups is 1. The van der Waals surface area contributed by atoms with Crippen LogP contribution in [0.5, 0.6) is 0 Å². The second-order valence-corrected chi connectivity index (χ2v) is 6.29. The van der Waals surface area contributed by atoms with Gasteiger partial charge in [-0.1, -0.05) is 28.9 Å². The van der Waals surface area contributed by atoms with Gasteiger partial charge >= 0.3 is 0 Å². The summed E-state index contributed by atoms with van der Waals surface area (Å²) in [6, 6.07) is 9.30. The summed E-state index contributed by atoms with van der Waals surface area (Å²) in [6.07, 6.45) is 3.01. The number of aromatic nitrogens is 3. The Morgan fingerprint density at radius 2 is 1.96 bits per heavy atom. The molecule has 7 heteroatoms. The van der Waals surface area contributed by atoms with Gasteiger partial charge in [-0.05, 0) is 42.7 Å². The van der Waals surface area contributed by atoms with E-state index in [4.69, 9.17) is 16.1 Å². The van der Waals surface area contributed by atoms with Crippen molar-refractivity contribution in [3.05, 3.63) is 80.3 Å². The maximum atomic E-state index is 12.2. The standard InChI is InChI=1S/C18H18ClN3O3/c1-12-8-14(11-23)9-22(18(12)24)10-17-20-16(21-25-17)7-4-13-2-5-15(19)6-3-13/h2-3,5-6,8-9,23H,4,7,10-11H2,1H3. The van der Waals surface area contributed by atoms with Crippen LogP contribution in [0.25, 0.3) is 0 Å². The lowest BCUT2D eigenvalue weighted by Crippen LogP contribution is -2.23. The largest absolute Gasteiger partial charge is 0.392 e. The van der Waals surface area contributed by atoms with E-state index in [0.717, 1.165) is 12.0 Å². The van der Waals surface area contributed by atoms with Crippen molar-refractivity contribution < 1.29 is 9.63 Å². The van der Waals surface area contributed by atoms with Gasteiger partial charge < -0.3 is 14.2 Å². The summed E-state index contributed by atoms with van der Waals surface area (Å²) in [5.74, 6) is 0.954. The molecule has 0 spiro atoms. The van der Waals surface area contributed by atoms with Gasteiger partial charge in [-0.25, -0.2) is 0 Å². The Balaban J connectivity index is 1.68. The van der Waals surface area contributed by atoms with Crippen molar-refractivity contribution in [1.82, 2.24) is 14.7 Å². The Morgan fingerprint density at radius 1 is 1.20 bits per heavy atom. The Hall–Kier alpha value is -2.44. The molecule has 0 atom stereocenters. The molecule has 0 radical (unpaired) electrons. The molecule has 25 heavy (non-hydrogen) atoms. The van der Waals surface area contributed by atoms with E-state index in [1.807, 2.05) is 24.3 Å². The van der Waals surface area contributed by atoms with Gasteiger partial charge in [0.2, 0.25) is 5.89 Å². The maximum absolute atomic E-state index is 12.2. The monoisotopic (exact) mass is 359 g/mol. The van der Waals surface area contributed by atoms with Crippen molar-refractivity contribution in [2.24, 2.45) is 0 Å². The molecule has 0 saturated carbocycles. The first kappa shape index (κ1) is 17.4. The lowest BCUT2D eigenvalue weighted by Gasteiger charge is -2.06. The molecule has 0 amide bonds. The number of benzene rings is 1. The van der Waals surface area contributed by atoms with E-state index in [0.29, 0.717) is 34.3 Å². The normalized spacial score (nSPS) is 11.0. The second kappa shape index (κ2) is 7.63. The molecule has 0 bridgehead atoms. The molecule has 0 aliphatic heterocycles. The van der Waals surface area contributed by atoms with Crippen LogP contribution in [0.3, 0.4) is 0 Å². The van der Waals surface area contributed by atoms with Crippen molar-refractivity contribution >= 4 is 11.6 Å². The lowest BCUT2D eigenvalue weighted by molar-refractivity contribution is 0.280. The minimum absolute atomic E-state index is 0.128. The number of pyridine rings is 1. The molecule has 0 fully saturated rings. The third-order valence-corrected chi connectivity index (χ3v) is 4.12. The summed E-state index contributed by atoms with van der Waals surface area (Å²) < 4.78 is 6.71. The van der Waals surface area contributed by atoms with E-state index in [9.17, 15) is 9.90 Å². The lowest BCUT2D eigenvalue weighted by atomic mass is 10.1. The average Bonchev–Trinajstić information content (AvgIpc) is 3.05. The Bertz CT molecular complexity index is 916. The van der Waals surface area contributed by atoms with Gasteiger partial charge in [-0.2, -0.15) is 4.98 Å². The fraction of sp³-hybridized carbons (Fsp3) is 0.278. The molecule has 0 aliphatic rings. The zero-order valence-electron chi connectivity index (χ0n) is 13.8. The highest BCUT2D eigenvalue weighted by Crippen LogP contribution is 2.11. The highest BCUT2D eigenvalue weighted by Gasteiger charge is 2.10. The molecule has 0 saturated heterocycles. The number of rotatable bonds is 6. The van der Waals surface area contributed by atoms with E-state index in [1.165, 1.54) is 4.57 Å². The van der Waals surface area contributed by atoms with E-state index in [-0.39, 0.29) is 18.7 Å². The number of hydrogen-bond donors (Lipinski definition) is 1. The van der Waals surface area contributed by atoms with Gasteiger partial charge in [0.15, 0.2) is 5.82 Å². The first-order chi connectivity index (χ1) is 12.0. The molecular weight excluding hydrogens is 342 g/mol. The molecule has 0 aliphatic carbocycles. The minimum atomic E-state index is -0.141. The molecule has 0 unspecified atom stereocenters. The first-order valence-electron chi connectivity index (χ1n) is 7.92. The van der Waals surface area contributed by atoms with Crippen molar-refractivity contribution in [3.63, 3.8) is 0 Å². The molecule has 2 heterocycles. The van der Waals surface area contributed by atoms with Gasteiger partial charge in [0, 0.05) is 23.2 Å². The minimum Gasteiger partial charge on any atom is -0.392 e. The quantitative estimate of drug-likeness (QED) is 0.731. The van der Waals surface area contributed by atoms with Gasteiger partial charge in [-0.15, -0.1) is 0 Å².